The van der Waals surface area contributed by atoms with Gasteiger partial charge in [0.1, 0.15) is 0 Å². The van der Waals surface area contributed by atoms with Crippen molar-refractivity contribution in [1.29, 1.82) is 0 Å². The predicted octanol–water partition coefficient (Wildman–Crippen LogP) is 4.61. The molecule has 2 nitrogen and oxygen atoms in total. The Balaban J connectivity index is 2.15. The van der Waals surface area contributed by atoms with Crippen LogP contribution in [0, 0.1) is 13.8 Å². The summed E-state index contributed by atoms with van der Waals surface area (Å²) < 4.78 is 0. The smallest absolute Gasteiger partial charge is 0.0753 e. The molecule has 0 saturated heterocycles. The quantitative estimate of drug-likeness (QED) is 0.760. The Bertz CT molecular complexity index is 736. The van der Waals surface area contributed by atoms with Crippen LogP contribution in [-0.4, -0.2) is 11.5 Å². The number of fused-ring (bicyclic) bond motifs is 1. The Morgan fingerprint density at radius 1 is 1.19 bits per heavy atom. The van der Waals surface area contributed by atoms with Crippen LogP contribution in [0.2, 0.25) is 0 Å². The molecule has 0 aliphatic rings. The molecule has 1 unspecified atom stereocenters. The largest absolute Gasteiger partial charge is 0.306 e. The Morgan fingerprint density at radius 2 is 2.00 bits per heavy atom. The topological polar surface area (TPSA) is 24.9 Å². The summed E-state index contributed by atoms with van der Waals surface area (Å²) in [5.41, 5.74) is 3.72. The van der Waals surface area contributed by atoms with Crippen LogP contribution in [-0.2, 0) is 0 Å². The van der Waals surface area contributed by atoms with E-state index in [9.17, 15) is 0 Å². The van der Waals surface area contributed by atoms with Crippen molar-refractivity contribution in [2.24, 2.45) is 0 Å². The summed E-state index contributed by atoms with van der Waals surface area (Å²) in [6, 6.07) is 13.1. The van der Waals surface area contributed by atoms with Gasteiger partial charge in [-0.15, -0.1) is 11.3 Å². The molecule has 2 heterocycles. The molecule has 3 aromatic rings. The first-order valence-corrected chi connectivity index (χ1v) is 8.16. The number of thiophene rings is 1. The lowest BCUT2D eigenvalue weighted by Crippen LogP contribution is -2.21. The number of pyridine rings is 1. The van der Waals surface area contributed by atoms with Gasteiger partial charge in [-0.1, -0.05) is 31.2 Å². The molecule has 0 bridgehead atoms. The highest BCUT2D eigenvalue weighted by molar-refractivity contribution is 7.12. The van der Waals surface area contributed by atoms with Gasteiger partial charge in [-0.25, -0.2) is 0 Å². The molecular formula is C18H20N2S. The first-order chi connectivity index (χ1) is 10.2. The third kappa shape index (κ3) is 2.71. The SMILES string of the molecule is CCNC(c1cc(C)c(C)s1)c1cccc2cccnc12. The van der Waals surface area contributed by atoms with Crippen LogP contribution in [0.3, 0.4) is 0 Å². The average molecular weight is 296 g/mol. The zero-order valence-corrected chi connectivity index (χ0v) is 13.5. The maximum absolute atomic E-state index is 4.60. The molecule has 0 saturated carbocycles. The predicted molar refractivity (Wildman–Crippen MR) is 91.1 cm³/mol. The molecule has 0 spiro atoms. The normalized spacial score (nSPS) is 12.7. The summed E-state index contributed by atoms with van der Waals surface area (Å²) in [5.74, 6) is 0. The summed E-state index contributed by atoms with van der Waals surface area (Å²) in [5, 5.41) is 4.82. The molecule has 1 atom stereocenters. The molecule has 0 fully saturated rings. The van der Waals surface area contributed by atoms with Crippen molar-refractivity contribution in [3.8, 4) is 0 Å². The van der Waals surface area contributed by atoms with Crippen LogP contribution >= 0.6 is 11.3 Å². The zero-order valence-electron chi connectivity index (χ0n) is 12.7. The molecule has 0 amide bonds. The third-order valence-corrected chi connectivity index (χ3v) is 5.07. The summed E-state index contributed by atoms with van der Waals surface area (Å²) in [7, 11) is 0. The second-order valence-corrected chi connectivity index (χ2v) is 6.59. The highest BCUT2D eigenvalue weighted by atomic mass is 32.1. The van der Waals surface area contributed by atoms with Crippen molar-refractivity contribution in [3.05, 3.63) is 63.5 Å². The van der Waals surface area contributed by atoms with Crippen LogP contribution in [0.4, 0.5) is 0 Å². The highest BCUT2D eigenvalue weighted by Crippen LogP contribution is 2.33. The summed E-state index contributed by atoms with van der Waals surface area (Å²) in [6.45, 7) is 7.45. The van der Waals surface area contributed by atoms with E-state index in [-0.39, 0.29) is 6.04 Å². The number of aromatic nitrogens is 1. The lowest BCUT2D eigenvalue weighted by atomic mass is 10.0. The van der Waals surface area contributed by atoms with E-state index >= 15 is 0 Å². The lowest BCUT2D eigenvalue weighted by Gasteiger charge is -2.18. The fraction of sp³-hybridized carbons (Fsp3) is 0.278. The number of nitrogens with zero attached hydrogens (tertiary/aromatic N) is 1. The summed E-state index contributed by atoms with van der Waals surface area (Å²) in [4.78, 5) is 7.36. The van der Waals surface area contributed by atoms with Gasteiger partial charge in [0.05, 0.1) is 11.6 Å². The number of rotatable bonds is 4. The number of benzene rings is 1. The van der Waals surface area contributed by atoms with E-state index in [4.69, 9.17) is 0 Å². The Hall–Kier alpha value is -1.71. The van der Waals surface area contributed by atoms with Crippen molar-refractivity contribution in [1.82, 2.24) is 10.3 Å². The van der Waals surface area contributed by atoms with Crippen molar-refractivity contribution < 1.29 is 0 Å². The van der Waals surface area contributed by atoms with E-state index in [1.807, 2.05) is 23.6 Å². The van der Waals surface area contributed by atoms with E-state index < -0.39 is 0 Å². The van der Waals surface area contributed by atoms with Crippen molar-refractivity contribution in [2.75, 3.05) is 6.54 Å². The van der Waals surface area contributed by atoms with Crippen molar-refractivity contribution in [3.63, 3.8) is 0 Å². The lowest BCUT2D eigenvalue weighted by molar-refractivity contribution is 0.642. The molecule has 1 aromatic carbocycles. The van der Waals surface area contributed by atoms with Gasteiger partial charge >= 0.3 is 0 Å². The van der Waals surface area contributed by atoms with Gasteiger partial charge in [0.15, 0.2) is 0 Å². The molecule has 3 heteroatoms. The zero-order chi connectivity index (χ0) is 14.8. The number of para-hydroxylation sites is 1. The summed E-state index contributed by atoms with van der Waals surface area (Å²) >= 11 is 1.88. The van der Waals surface area contributed by atoms with E-state index in [1.165, 1.54) is 26.3 Å². The van der Waals surface area contributed by atoms with Gasteiger partial charge in [0, 0.05) is 26.9 Å². The first-order valence-electron chi connectivity index (χ1n) is 7.34. The molecule has 1 N–H and O–H groups in total. The van der Waals surface area contributed by atoms with Gasteiger partial charge in [-0.05, 0) is 38.1 Å². The van der Waals surface area contributed by atoms with Crippen LogP contribution in [0.25, 0.3) is 10.9 Å². The maximum atomic E-state index is 4.60. The van der Waals surface area contributed by atoms with Crippen molar-refractivity contribution in [2.45, 2.75) is 26.8 Å². The number of hydrogen-bond acceptors (Lipinski definition) is 3. The Labute approximate surface area is 129 Å². The van der Waals surface area contributed by atoms with E-state index in [0.29, 0.717) is 0 Å². The minimum absolute atomic E-state index is 0.214. The summed E-state index contributed by atoms with van der Waals surface area (Å²) in [6.07, 6.45) is 1.87. The standard InChI is InChI=1S/C18H20N2S/c1-4-19-18(16-11-12(2)13(3)21-16)15-9-5-7-14-8-6-10-20-17(14)15/h5-11,18-19H,4H2,1-3H3. The molecule has 3 rings (SSSR count). The molecule has 21 heavy (non-hydrogen) atoms. The number of nitrogens with one attached hydrogen (secondary N) is 1. The molecule has 108 valence electrons. The van der Waals surface area contributed by atoms with Gasteiger partial charge in [0.25, 0.3) is 0 Å². The second-order valence-electron chi connectivity index (χ2n) is 5.30. The first kappa shape index (κ1) is 14.2. The molecule has 2 aromatic heterocycles. The third-order valence-electron chi connectivity index (χ3n) is 3.85. The molecule has 0 aliphatic carbocycles. The van der Waals surface area contributed by atoms with E-state index in [2.05, 4.69) is 61.4 Å². The molecular weight excluding hydrogens is 276 g/mol. The maximum Gasteiger partial charge on any atom is 0.0753 e. The second kappa shape index (κ2) is 5.96. The van der Waals surface area contributed by atoms with Gasteiger partial charge in [-0.3, -0.25) is 4.98 Å². The fourth-order valence-electron chi connectivity index (χ4n) is 2.67. The van der Waals surface area contributed by atoms with Gasteiger partial charge in [-0.2, -0.15) is 0 Å². The average Bonchev–Trinajstić information content (AvgIpc) is 2.84. The highest BCUT2D eigenvalue weighted by Gasteiger charge is 2.18. The van der Waals surface area contributed by atoms with E-state index in [1.54, 1.807) is 0 Å². The number of hydrogen-bond donors (Lipinski definition) is 1. The molecule has 0 radical (unpaired) electrons. The minimum Gasteiger partial charge on any atom is -0.306 e. The van der Waals surface area contributed by atoms with Crippen LogP contribution in [0.1, 0.15) is 33.8 Å². The van der Waals surface area contributed by atoms with Crippen LogP contribution in [0.5, 0.6) is 0 Å². The van der Waals surface area contributed by atoms with Crippen molar-refractivity contribution >= 4 is 22.2 Å². The Morgan fingerprint density at radius 3 is 2.71 bits per heavy atom. The van der Waals surface area contributed by atoms with Gasteiger partial charge in [0.2, 0.25) is 0 Å². The van der Waals surface area contributed by atoms with E-state index in [0.717, 1.165) is 12.1 Å². The Kier molecular flexibility index (Phi) is 4.04. The number of aryl methyl sites for hydroxylation is 2. The van der Waals surface area contributed by atoms with Gasteiger partial charge < -0.3 is 5.32 Å². The van der Waals surface area contributed by atoms with Crippen LogP contribution in [0.15, 0.2) is 42.6 Å². The minimum atomic E-state index is 0.214. The fourth-order valence-corrected chi connectivity index (χ4v) is 3.81. The molecule has 0 aliphatic heterocycles. The monoisotopic (exact) mass is 296 g/mol. The van der Waals surface area contributed by atoms with Crippen LogP contribution < -0.4 is 5.32 Å².